The van der Waals surface area contributed by atoms with Crippen molar-refractivity contribution in [2.75, 3.05) is 0 Å². The summed E-state index contributed by atoms with van der Waals surface area (Å²) >= 11 is 0. The van der Waals surface area contributed by atoms with Crippen LogP contribution in [0.4, 0.5) is 0 Å². The van der Waals surface area contributed by atoms with Crippen LogP contribution in [-0.4, -0.2) is 34.2 Å². The second kappa shape index (κ2) is 6.89. The van der Waals surface area contributed by atoms with Gasteiger partial charge in [-0.25, -0.2) is 4.79 Å². The molecule has 0 fully saturated rings. The maximum absolute atomic E-state index is 11.7. The van der Waals surface area contributed by atoms with Gasteiger partial charge in [0, 0.05) is 6.42 Å². The molecule has 19 heavy (non-hydrogen) atoms. The Bertz CT molecular complexity index is 430. The Morgan fingerprint density at radius 2 is 1.79 bits per heavy atom. The standard InChI is InChI=1S/C14H19NO4/c1-9(2)12(14(18)19)15-13(17)11(16)8-10-6-4-3-5-7-10/h3-7,9,11-12,16H,8H2,1-2H3,(H,15,17)(H,18,19)/t11?,12-/m0/s1. The zero-order valence-electron chi connectivity index (χ0n) is 11.0. The van der Waals surface area contributed by atoms with Crippen molar-refractivity contribution < 1.29 is 19.8 Å². The fraction of sp³-hybridized carbons (Fsp3) is 0.429. The molecule has 1 unspecified atom stereocenters. The lowest BCUT2D eigenvalue weighted by Gasteiger charge is -2.20. The van der Waals surface area contributed by atoms with E-state index in [1.807, 2.05) is 18.2 Å². The molecule has 0 aliphatic heterocycles. The minimum absolute atomic E-state index is 0.164. The first kappa shape index (κ1) is 15.2. The summed E-state index contributed by atoms with van der Waals surface area (Å²) in [6, 6.07) is 8.08. The van der Waals surface area contributed by atoms with Crippen molar-refractivity contribution in [1.82, 2.24) is 5.32 Å². The molecular formula is C14H19NO4. The zero-order chi connectivity index (χ0) is 14.4. The third-order valence-corrected chi connectivity index (χ3v) is 2.81. The van der Waals surface area contributed by atoms with Crippen LogP contribution in [0.5, 0.6) is 0 Å². The second-order valence-corrected chi connectivity index (χ2v) is 4.77. The molecule has 0 aliphatic carbocycles. The Balaban J connectivity index is 2.60. The summed E-state index contributed by atoms with van der Waals surface area (Å²) in [5.74, 6) is -2.01. The third-order valence-electron chi connectivity index (χ3n) is 2.81. The van der Waals surface area contributed by atoms with E-state index in [4.69, 9.17) is 5.11 Å². The van der Waals surface area contributed by atoms with E-state index < -0.39 is 24.0 Å². The number of rotatable bonds is 6. The SMILES string of the molecule is CC(C)[C@H](NC(=O)C(O)Cc1ccccc1)C(=O)O. The molecule has 0 saturated heterocycles. The highest BCUT2D eigenvalue weighted by atomic mass is 16.4. The van der Waals surface area contributed by atoms with Crippen molar-refractivity contribution in [1.29, 1.82) is 0 Å². The largest absolute Gasteiger partial charge is 0.480 e. The normalized spacial score (nSPS) is 13.9. The summed E-state index contributed by atoms with van der Waals surface area (Å²) in [5.41, 5.74) is 0.821. The van der Waals surface area contributed by atoms with Crippen LogP contribution in [0, 0.1) is 5.92 Å². The number of carboxylic acids is 1. The molecule has 0 aromatic heterocycles. The molecule has 0 radical (unpaired) electrons. The number of aliphatic hydroxyl groups excluding tert-OH is 1. The van der Waals surface area contributed by atoms with Gasteiger partial charge in [-0.1, -0.05) is 44.2 Å². The molecule has 1 amide bonds. The monoisotopic (exact) mass is 265 g/mol. The first-order valence-electron chi connectivity index (χ1n) is 6.17. The van der Waals surface area contributed by atoms with Crippen LogP contribution in [0.1, 0.15) is 19.4 Å². The lowest BCUT2D eigenvalue weighted by atomic mass is 10.0. The number of carbonyl (C=O) groups excluding carboxylic acids is 1. The molecule has 5 nitrogen and oxygen atoms in total. The summed E-state index contributed by atoms with van der Waals surface area (Å²) in [7, 11) is 0. The molecule has 0 saturated carbocycles. The molecule has 1 aromatic rings. The summed E-state index contributed by atoms with van der Waals surface area (Å²) in [5, 5.41) is 21.1. The molecule has 104 valence electrons. The summed E-state index contributed by atoms with van der Waals surface area (Å²) in [6.45, 7) is 3.39. The first-order chi connectivity index (χ1) is 8.91. The van der Waals surface area contributed by atoms with E-state index in [2.05, 4.69) is 5.32 Å². The average Bonchev–Trinajstić information content (AvgIpc) is 2.35. The molecule has 0 bridgehead atoms. The number of benzene rings is 1. The average molecular weight is 265 g/mol. The van der Waals surface area contributed by atoms with Gasteiger partial charge in [0.1, 0.15) is 12.1 Å². The van der Waals surface area contributed by atoms with E-state index in [0.29, 0.717) is 0 Å². The van der Waals surface area contributed by atoms with Crippen LogP contribution in [-0.2, 0) is 16.0 Å². The van der Waals surface area contributed by atoms with Gasteiger partial charge in [0.15, 0.2) is 0 Å². The van der Waals surface area contributed by atoms with E-state index in [1.54, 1.807) is 26.0 Å². The molecule has 5 heteroatoms. The Hall–Kier alpha value is -1.88. The van der Waals surface area contributed by atoms with Crippen LogP contribution in [0.25, 0.3) is 0 Å². The molecule has 0 spiro atoms. The molecule has 0 aliphatic rings. The predicted molar refractivity (Wildman–Crippen MR) is 70.6 cm³/mol. The smallest absolute Gasteiger partial charge is 0.326 e. The van der Waals surface area contributed by atoms with Crippen LogP contribution >= 0.6 is 0 Å². The Kier molecular flexibility index (Phi) is 5.51. The van der Waals surface area contributed by atoms with Crippen LogP contribution < -0.4 is 5.32 Å². The van der Waals surface area contributed by atoms with Crippen molar-refractivity contribution in [3.8, 4) is 0 Å². The van der Waals surface area contributed by atoms with Crippen molar-refractivity contribution in [2.24, 2.45) is 5.92 Å². The van der Waals surface area contributed by atoms with Gasteiger partial charge in [0.2, 0.25) is 5.91 Å². The highest BCUT2D eigenvalue weighted by Crippen LogP contribution is 2.06. The van der Waals surface area contributed by atoms with Gasteiger partial charge >= 0.3 is 5.97 Å². The predicted octanol–water partition coefficient (Wildman–Crippen LogP) is 0.815. The number of hydrogen-bond donors (Lipinski definition) is 3. The lowest BCUT2D eigenvalue weighted by Crippen LogP contribution is -2.48. The summed E-state index contributed by atoms with van der Waals surface area (Å²) in [4.78, 5) is 22.7. The van der Waals surface area contributed by atoms with Gasteiger partial charge in [-0.15, -0.1) is 0 Å². The Morgan fingerprint density at radius 1 is 1.21 bits per heavy atom. The highest BCUT2D eigenvalue weighted by molar-refractivity contribution is 5.86. The third kappa shape index (κ3) is 4.71. The molecular weight excluding hydrogens is 246 g/mol. The fourth-order valence-electron chi connectivity index (χ4n) is 1.69. The zero-order valence-corrected chi connectivity index (χ0v) is 11.0. The van der Waals surface area contributed by atoms with Gasteiger partial charge in [0.25, 0.3) is 0 Å². The van der Waals surface area contributed by atoms with Crippen LogP contribution in [0.2, 0.25) is 0 Å². The van der Waals surface area contributed by atoms with Gasteiger partial charge in [0.05, 0.1) is 0 Å². The number of aliphatic carboxylic acids is 1. The van der Waals surface area contributed by atoms with Gasteiger partial charge < -0.3 is 15.5 Å². The van der Waals surface area contributed by atoms with Crippen molar-refractivity contribution in [3.05, 3.63) is 35.9 Å². The number of amides is 1. The van der Waals surface area contributed by atoms with Crippen molar-refractivity contribution in [2.45, 2.75) is 32.4 Å². The first-order valence-corrected chi connectivity index (χ1v) is 6.17. The van der Waals surface area contributed by atoms with Crippen molar-refractivity contribution in [3.63, 3.8) is 0 Å². The number of carboxylic acid groups (broad SMARTS) is 1. The van der Waals surface area contributed by atoms with Gasteiger partial charge in [-0.2, -0.15) is 0 Å². The lowest BCUT2D eigenvalue weighted by molar-refractivity contribution is -0.144. The van der Waals surface area contributed by atoms with Crippen molar-refractivity contribution >= 4 is 11.9 Å². The van der Waals surface area contributed by atoms with E-state index in [-0.39, 0.29) is 12.3 Å². The molecule has 1 rings (SSSR count). The van der Waals surface area contributed by atoms with Gasteiger partial charge in [-0.05, 0) is 11.5 Å². The van der Waals surface area contributed by atoms with E-state index in [0.717, 1.165) is 5.56 Å². The number of hydrogen-bond acceptors (Lipinski definition) is 3. The molecule has 3 N–H and O–H groups in total. The number of nitrogens with one attached hydrogen (secondary N) is 1. The number of carbonyl (C=O) groups is 2. The van der Waals surface area contributed by atoms with E-state index in [1.165, 1.54) is 0 Å². The van der Waals surface area contributed by atoms with E-state index in [9.17, 15) is 14.7 Å². The second-order valence-electron chi connectivity index (χ2n) is 4.77. The molecule has 2 atom stereocenters. The highest BCUT2D eigenvalue weighted by Gasteiger charge is 2.26. The Morgan fingerprint density at radius 3 is 2.26 bits per heavy atom. The summed E-state index contributed by atoms with van der Waals surface area (Å²) in [6.07, 6.45) is -1.08. The molecule has 0 heterocycles. The number of aliphatic hydroxyl groups is 1. The maximum Gasteiger partial charge on any atom is 0.326 e. The van der Waals surface area contributed by atoms with E-state index >= 15 is 0 Å². The molecule has 1 aromatic carbocycles. The Labute approximate surface area is 112 Å². The minimum Gasteiger partial charge on any atom is -0.480 e. The van der Waals surface area contributed by atoms with Crippen LogP contribution in [0.15, 0.2) is 30.3 Å². The quantitative estimate of drug-likeness (QED) is 0.710. The fourth-order valence-corrected chi connectivity index (χ4v) is 1.69. The summed E-state index contributed by atoms with van der Waals surface area (Å²) < 4.78 is 0. The minimum atomic E-state index is -1.25. The van der Waals surface area contributed by atoms with Gasteiger partial charge in [-0.3, -0.25) is 4.79 Å². The van der Waals surface area contributed by atoms with Crippen LogP contribution in [0.3, 0.4) is 0 Å². The maximum atomic E-state index is 11.7. The topological polar surface area (TPSA) is 86.6 Å².